The van der Waals surface area contributed by atoms with Crippen LogP contribution in [0.2, 0.25) is 5.02 Å². The third-order valence-electron chi connectivity index (χ3n) is 3.13. The highest BCUT2D eigenvalue weighted by molar-refractivity contribution is 7.18. The van der Waals surface area contributed by atoms with Gasteiger partial charge in [0.25, 0.3) is 5.91 Å². The molecule has 0 aliphatic heterocycles. The highest BCUT2D eigenvalue weighted by Crippen LogP contribution is 2.34. The molecule has 0 radical (unpaired) electrons. The number of hydrogen-bond donors (Lipinski definition) is 2. The summed E-state index contributed by atoms with van der Waals surface area (Å²) in [6.45, 7) is -0.259. The van der Waals surface area contributed by atoms with Crippen LogP contribution in [0, 0.1) is 0 Å². The first-order valence-electron chi connectivity index (χ1n) is 6.92. The van der Waals surface area contributed by atoms with Crippen molar-refractivity contribution in [3.05, 3.63) is 53.6 Å². The van der Waals surface area contributed by atoms with Crippen LogP contribution in [0.3, 0.4) is 0 Å². The van der Waals surface area contributed by atoms with E-state index in [-0.39, 0.29) is 6.61 Å². The summed E-state index contributed by atoms with van der Waals surface area (Å²) in [4.78, 5) is 10.9. The molecule has 122 valence electrons. The van der Waals surface area contributed by atoms with E-state index in [1.54, 1.807) is 12.1 Å². The Morgan fingerprint density at radius 1 is 1.12 bits per heavy atom. The van der Waals surface area contributed by atoms with E-state index >= 15 is 0 Å². The van der Waals surface area contributed by atoms with E-state index in [1.807, 2.05) is 36.4 Å². The van der Waals surface area contributed by atoms with E-state index in [9.17, 15) is 4.79 Å². The van der Waals surface area contributed by atoms with Gasteiger partial charge in [-0.3, -0.25) is 10.0 Å². The lowest BCUT2D eigenvalue weighted by molar-refractivity contribution is -0.131. The molecule has 1 amide bonds. The zero-order chi connectivity index (χ0) is 16.9. The minimum atomic E-state index is -0.618. The van der Waals surface area contributed by atoms with Crippen LogP contribution in [-0.4, -0.2) is 27.9 Å². The van der Waals surface area contributed by atoms with Crippen LogP contribution < -0.4 is 10.2 Å². The van der Waals surface area contributed by atoms with Crippen LogP contribution in [0.1, 0.15) is 0 Å². The minimum Gasteiger partial charge on any atom is -0.484 e. The molecule has 0 spiro atoms. The monoisotopic (exact) mass is 361 g/mol. The molecule has 3 aromatic rings. The Balaban J connectivity index is 1.76. The van der Waals surface area contributed by atoms with Gasteiger partial charge in [-0.25, -0.2) is 5.48 Å². The molecule has 6 nitrogen and oxygen atoms in total. The van der Waals surface area contributed by atoms with Crippen molar-refractivity contribution >= 4 is 28.8 Å². The van der Waals surface area contributed by atoms with E-state index < -0.39 is 5.91 Å². The van der Waals surface area contributed by atoms with Crippen molar-refractivity contribution in [2.75, 3.05) is 6.61 Å². The first-order chi connectivity index (χ1) is 11.7. The van der Waals surface area contributed by atoms with Crippen molar-refractivity contribution in [2.24, 2.45) is 0 Å². The molecule has 8 heteroatoms. The molecule has 0 fully saturated rings. The third-order valence-corrected chi connectivity index (χ3v) is 4.46. The average molecular weight is 362 g/mol. The number of hydrogen-bond acceptors (Lipinski definition) is 6. The fraction of sp³-hybridized carbons (Fsp3) is 0.0625. The van der Waals surface area contributed by atoms with Crippen molar-refractivity contribution in [3.8, 4) is 26.9 Å². The van der Waals surface area contributed by atoms with E-state index in [4.69, 9.17) is 21.5 Å². The fourth-order valence-corrected chi connectivity index (χ4v) is 3.13. The molecule has 24 heavy (non-hydrogen) atoms. The van der Waals surface area contributed by atoms with Gasteiger partial charge in [0, 0.05) is 11.1 Å². The predicted molar refractivity (Wildman–Crippen MR) is 91.2 cm³/mol. The molecule has 1 aromatic heterocycles. The summed E-state index contributed by atoms with van der Waals surface area (Å²) < 4.78 is 5.22. The molecule has 0 saturated heterocycles. The van der Waals surface area contributed by atoms with Crippen LogP contribution in [0.15, 0.2) is 48.5 Å². The average Bonchev–Trinajstić information content (AvgIpc) is 3.10. The summed E-state index contributed by atoms with van der Waals surface area (Å²) in [6.07, 6.45) is 0. The van der Waals surface area contributed by atoms with Crippen molar-refractivity contribution in [1.29, 1.82) is 0 Å². The van der Waals surface area contributed by atoms with Crippen LogP contribution >= 0.6 is 22.9 Å². The van der Waals surface area contributed by atoms with Crippen molar-refractivity contribution < 1.29 is 14.7 Å². The Labute approximate surface area is 146 Å². The number of carbonyl (C=O) groups is 1. The van der Waals surface area contributed by atoms with E-state index in [0.717, 1.165) is 21.1 Å². The Kier molecular flexibility index (Phi) is 5.05. The highest BCUT2D eigenvalue weighted by atomic mass is 35.5. The maximum atomic E-state index is 10.9. The predicted octanol–water partition coefficient (Wildman–Crippen LogP) is 3.41. The normalized spacial score (nSPS) is 10.4. The Hall–Kier alpha value is -2.48. The van der Waals surface area contributed by atoms with Gasteiger partial charge >= 0.3 is 0 Å². The fourth-order valence-electron chi connectivity index (χ4n) is 1.96. The smallest absolute Gasteiger partial charge is 0.281 e. The van der Waals surface area contributed by atoms with Gasteiger partial charge in [-0.2, -0.15) is 0 Å². The lowest BCUT2D eigenvalue weighted by atomic mass is 10.2. The van der Waals surface area contributed by atoms with Crippen molar-refractivity contribution in [3.63, 3.8) is 0 Å². The molecule has 2 N–H and O–H groups in total. The van der Waals surface area contributed by atoms with E-state index in [1.165, 1.54) is 16.8 Å². The number of aromatic nitrogens is 2. The Bertz CT molecular complexity index is 852. The van der Waals surface area contributed by atoms with Gasteiger partial charge in [0.15, 0.2) is 6.61 Å². The third kappa shape index (κ3) is 3.70. The second kappa shape index (κ2) is 7.39. The number of ether oxygens (including phenoxy) is 1. The summed E-state index contributed by atoms with van der Waals surface area (Å²) in [5.74, 6) is -0.106. The van der Waals surface area contributed by atoms with Gasteiger partial charge < -0.3 is 4.74 Å². The van der Waals surface area contributed by atoms with Crippen LogP contribution in [0.5, 0.6) is 5.75 Å². The molecule has 2 aromatic carbocycles. The number of amides is 1. The summed E-state index contributed by atoms with van der Waals surface area (Å²) in [7, 11) is 0. The lowest BCUT2D eigenvalue weighted by Crippen LogP contribution is -2.25. The largest absolute Gasteiger partial charge is 0.484 e. The van der Waals surface area contributed by atoms with Gasteiger partial charge in [-0.05, 0) is 30.3 Å². The highest BCUT2D eigenvalue weighted by Gasteiger charge is 2.11. The number of hydroxylamine groups is 1. The molecular weight excluding hydrogens is 350 g/mol. The van der Waals surface area contributed by atoms with E-state index in [2.05, 4.69) is 10.2 Å². The van der Waals surface area contributed by atoms with Crippen molar-refractivity contribution in [1.82, 2.24) is 15.7 Å². The van der Waals surface area contributed by atoms with Gasteiger partial charge in [0.2, 0.25) is 0 Å². The van der Waals surface area contributed by atoms with Crippen LogP contribution in [-0.2, 0) is 4.79 Å². The van der Waals surface area contributed by atoms with Gasteiger partial charge in [0.1, 0.15) is 15.8 Å². The molecule has 1 heterocycles. The molecule has 0 aliphatic carbocycles. The molecule has 0 bridgehead atoms. The second-order valence-corrected chi connectivity index (χ2v) is 6.12. The summed E-state index contributed by atoms with van der Waals surface area (Å²) in [5, 5.41) is 18.9. The molecule has 0 aliphatic rings. The number of nitrogens with one attached hydrogen (secondary N) is 1. The Morgan fingerprint density at radius 3 is 2.54 bits per heavy atom. The second-order valence-electron chi connectivity index (χ2n) is 4.74. The van der Waals surface area contributed by atoms with Crippen LogP contribution in [0.25, 0.3) is 21.1 Å². The number of nitrogens with zero attached hydrogens (tertiary/aromatic N) is 2. The first-order valence-corrected chi connectivity index (χ1v) is 8.11. The van der Waals surface area contributed by atoms with E-state index in [0.29, 0.717) is 10.8 Å². The zero-order valence-electron chi connectivity index (χ0n) is 12.3. The van der Waals surface area contributed by atoms with Gasteiger partial charge in [-0.15, -0.1) is 10.2 Å². The molecule has 3 rings (SSSR count). The zero-order valence-corrected chi connectivity index (χ0v) is 13.8. The minimum absolute atomic E-state index is 0.259. The topological polar surface area (TPSA) is 84.3 Å². The maximum Gasteiger partial charge on any atom is 0.281 e. The molecule has 0 unspecified atom stereocenters. The van der Waals surface area contributed by atoms with Crippen LogP contribution in [0.4, 0.5) is 0 Å². The summed E-state index contributed by atoms with van der Waals surface area (Å²) in [6, 6.07) is 14.6. The Morgan fingerprint density at radius 2 is 1.83 bits per heavy atom. The number of benzene rings is 2. The van der Waals surface area contributed by atoms with Gasteiger partial charge in [0.05, 0.1) is 5.02 Å². The van der Waals surface area contributed by atoms with Gasteiger partial charge in [-0.1, -0.05) is 41.1 Å². The summed E-state index contributed by atoms with van der Waals surface area (Å²) in [5.41, 5.74) is 3.23. The number of carbonyl (C=O) groups excluding carboxylic acids is 1. The maximum absolute atomic E-state index is 10.9. The number of rotatable bonds is 5. The molecule has 0 saturated carbocycles. The SMILES string of the molecule is O=C(COc1ccc(-c2nnc(-c3ccccc3Cl)s2)cc1)NO. The molecular formula is C16H12ClN3O3S. The first kappa shape index (κ1) is 16.4. The number of halogens is 1. The quantitative estimate of drug-likeness (QED) is 0.537. The molecule has 0 atom stereocenters. The van der Waals surface area contributed by atoms with Crippen molar-refractivity contribution in [2.45, 2.75) is 0 Å². The summed E-state index contributed by atoms with van der Waals surface area (Å²) >= 11 is 7.62. The lowest BCUT2D eigenvalue weighted by Gasteiger charge is -2.04. The standard InChI is InChI=1S/C16H12ClN3O3S/c17-13-4-2-1-3-12(13)16-19-18-15(24-16)10-5-7-11(8-6-10)23-9-14(21)20-22/h1-8,22H,9H2,(H,20,21).